The fourth-order valence-electron chi connectivity index (χ4n) is 1.58. The molecule has 0 N–H and O–H groups in total. The van der Waals surface area contributed by atoms with Crippen LogP contribution in [-0.4, -0.2) is 16.1 Å². The molecule has 0 unspecified atom stereocenters. The SMILES string of the molecule is Cc1cc(-c2cnn(C(F)F)c2)ccc1C=O. The normalized spacial score (nSPS) is 10.8. The van der Waals surface area contributed by atoms with E-state index in [9.17, 15) is 13.6 Å². The zero-order valence-electron chi connectivity index (χ0n) is 9.10. The highest BCUT2D eigenvalue weighted by Gasteiger charge is 2.09. The molecule has 0 amide bonds. The number of aromatic nitrogens is 2. The average Bonchev–Trinajstić information content (AvgIpc) is 2.78. The molecule has 2 aromatic rings. The van der Waals surface area contributed by atoms with Crippen LogP contribution in [0.2, 0.25) is 0 Å². The van der Waals surface area contributed by atoms with Gasteiger partial charge in [0.25, 0.3) is 0 Å². The number of hydrogen-bond acceptors (Lipinski definition) is 2. The Labute approximate surface area is 96.7 Å². The molecular weight excluding hydrogens is 226 g/mol. The number of rotatable bonds is 3. The summed E-state index contributed by atoms with van der Waals surface area (Å²) >= 11 is 0. The Morgan fingerprint density at radius 1 is 1.35 bits per heavy atom. The van der Waals surface area contributed by atoms with Crippen LogP contribution in [0.1, 0.15) is 22.5 Å². The van der Waals surface area contributed by atoms with E-state index in [1.54, 1.807) is 25.1 Å². The molecule has 0 aliphatic heterocycles. The van der Waals surface area contributed by atoms with Gasteiger partial charge < -0.3 is 0 Å². The summed E-state index contributed by atoms with van der Waals surface area (Å²) in [5.74, 6) is 0. The molecule has 0 bridgehead atoms. The van der Waals surface area contributed by atoms with Gasteiger partial charge in [-0.2, -0.15) is 13.9 Å². The Morgan fingerprint density at radius 3 is 2.65 bits per heavy atom. The Balaban J connectivity index is 2.39. The summed E-state index contributed by atoms with van der Waals surface area (Å²) in [6, 6.07) is 5.15. The van der Waals surface area contributed by atoms with Crippen molar-refractivity contribution in [2.24, 2.45) is 0 Å². The summed E-state index contributed by atoms with van der Waals surface area (Å²) in [6.45, 7) is -0.843. The van der Waals surface area contributed by atoms with Gasteiger partial charge in [0.1, 0.15) is 6.29 Å². The number of hydrogen-bond donors (Lipinski definition) is 0. The number of aldehydes is 1. The van der Waals surface area contributed by atoms with Crippen molar-refractivity contribution in [2.75, 3.05) is 0 Å². The van der Waals surface area contributed by atoms with Gasteiger partial charge in [-0.25, -0.2) is 4.68 Å². The summed E-state index contributed by atoms with van der Waals surface area (Å²) in [5.41, 5.74) is 2.77. The average molecular weight is 236 g/mol. The van der Waals surface area contributed by atoms with E-state index in [2.05, 4.69) is 5.10 Å². The second-order valence-corrected chi connectivity index (χ2v) is 3.68. The topological polar surface area (TPSA) is 34.9 Å². The van der Waals surface area contributed by atoms with Crippen LogP contribution in [0.3, 0.4) is 0 Å². The molecule has 3 nitrogen and oxygen atoms in total. The maximum absolute atomic E-state index is 12.3. The quantitative estimate of drug-likeness (QED) is 0.767. The molecule has 5 heteroatoms. The lowest BCUT2D eigenvalue weighted by atomic mass is 10.0. The molecule has 0 aliphatic rings. The molecule has 0 atom stereocenters. The third-order valence-corrected chi connectivity index (χ3v) is 2.53. The molecule has 0 fully saturated rings. The number of carbonyl (C=O) groups excluding carboxylic acids is 1. The molecule has 88 valence electrons. The molecule has 0 radical (unpaired) electrons. The zero-order chi connectivity index (χ0) is 12.4. The second-order valence-electron chi connectivity index (χ2n) is 3.68. The van der Waals surface area contributed by atoms with Crippen LogP contribution in [0.15, 0.2) is 30.6 Å². The largest absolute Gasteiger partial charge is 0.333 e. The molecule has 2 rings (SSSR count). The van der Waals surface area contributed by atoms with E-state index in [0.717, 1.165) is 17.4 Å². The van der Waals surface area contributed by atoms with Crippen molar-refractivity contribution in [3.8, 4) is 11.1 Å². The predicted molar refractivity (Wildman–Crippen MR) is 59.0 cm³/mol. The highest BCUT2D eigenvalue weighted by atomic mass is 19.3. The van der Waals surface area contributed by atoms with Crippen LogP contribution < -0.4 is 0 Å². The zero-order valence-corrected chi connectivity index (χ0v) is 9.10. The Morgan fingerprint density at radius 2 is 2.12 bits per heavy atom. The first-order chi connectivity index (χ1) is 8.11. The van der Waals surface area contributed by atoms with E-state index in [1.165, 1.54) is 12.4 Å². The fraction of sp³-hybridized carbons (Fsp3) is 0.167. The number of alkyl halides is 2. The van der Waals surface area contributed by atoms with Gasteiger partial charge in [0.05, 0.1) is 6.20 Å². The highest BCUT2D eigenvalue weighted by Crippen LogP contribution is 2.22. The van der Waals surface area contributed by atoms with Gasteiger partial charge in [-0.1, -0.05) is 18.2 Å². The van der Waals surface area contributed by atoms with E-state index < -0.39 is 6.55 Å². The molecule has 0 saturated carbocycles. The number of carbonyl (C=O) groups is 1. The van der Waals surface area contributed by atoms with E-state index in [-0.39, 0.29) is 0 Å². The third-order valence-electron chi connectivity index (χ3n) is 2.53. The molecular formula is C12H10F2N2O. The lowest BCUT2D eigenvalue weighted by Crippen LogP contribution is -1.96. The van der Waals surface area contributed by atoms with Crippen LogP contribution in [0.4, 0.5) is 8.78 Å². The van der Waals surface area contributed by atoms with Crippen LogP contribution in [0.25, 0.3) is 11.1 Å². The minimum absolute atomic E-state index is 0.593. The minimum Gasteiger partial charge on any atom is -0.298 e. The van der Waals surface area contributed by atoms with E-state index in [4.69, 9.17) is 0 Å². The van der Waals surface area contributed by atoms with Gasteiger partial charge in [-0.3, -0.25) is 4.79 Å². The minimum atomic E-state index is -2.64. The molecule has 0 saturated heterocycles. The maximum Gasteiger partial charge on any atom is 0.333 e. The number of benzene rings is 1. The van der Waals surface area contributed by atoms with Crippen molar-refractivity contribution in [1.82, 2.24) is 9.78 Å². The molecule has 17 heavy (non-hydrogen) atoms. The summed E-state index contributed by atoms with van der Waals surface area (Å²) in [6.07, 6.45) is 3.42. The Kier molecular flexibility index (Phi) is 2.99. The van der Waals surface area contributed by atoms with Crippen molar-refractivity contribution >= 4 is 6.29 Å². The molecule has 1 aromatic carbocycles. The van der Waals surface area contributed by atoms with Crippen molar-refractivity contribution in [1.29, 1.82) is 0 Å². The lowest BCUT2D eigenvalue weighted by molar-refractivity contribution is 0.0566. The molecule has 0 spiro atoms. The van der Waals surface area contributed by atoms with E-state index in [1.807, 2.05) is 0 Å². The first kappa shape index (κ1) is 11.4. The molecule has 0 aliphatic carbocycles. The monoisotopic (exact) mass is 236 g/mol. The third kappa shape index (κ3) is 2.22. The van der Waals surface area contributed by atoms with Crippen molar-refractivity contribution < 1.29 is 13.6 Å². The standard InChI is InChI=1S/C12H10F2N2O/c1-8-4-9(2-3-10(8)7-17)11-5-15-16(6-11)12(13)14/h2-7,12H,1H3. The van der Waals surface area contributed by atoms with Gasteiger partial charge in [0, 0.05) is 17.3 Å². The van der Waals surface area contributed by atoms with Crippen molar-refractivity contribution in [3.63, 3.8) is 0 Å². The Hall–Kier alpha value is -2.04. The molecule has 1 heterocycles. The lowest BCUT2D eigenvalue weighted by Gasteiger charge is -2.02. The summed E-state index contributed by atoms with van der Waals surface area (Å²) < 4.78 is 25.3. The van der Waals surface area contributed by atoms with E-state index in [0.29, 0.717) is 15.8 Å². The van der Waals surface area contributed by atoms with Crippen LogP contribution in [-0.2, 0) is 0 Å². The van der Waals surface area contributed by atoms with Gasteiger partial charge in [0.2, 0.25) is 0 Å². The van der Waals surface area contributed by atoms with Gasteiger partial charge in [-0.05, 0) is 18.1 Å². The summed E-state index contributed by atoms with van der Waals surface area (Å²) in [5, 5.41) is 3.56. The number of nitrogens with zero attached hydrogens (tertiary/aromatic N) is 2. The summed E-state index contributed by atoms with van der Waals surface area (Å²) in [7, 11) is 0. The van der Waals surface area contributed by atoms with Crippen molar-refractivity contribution in [3.05, 3.63) is 41.7 Å². The first-order valence-corrected chi connectivity index (χ1v) is 5.00. The van der Waals surface area contributed by atoms with Crippen molar-refractivity contribution in [2.45, 2.75) is 13.5 Å². The van der Waals surface area contributed by atoms with Gasteiger partial charge in [-0.15, -0.1) is 0 Å². The fourth-order valence-corrected chi connectivity index (χ4v) is 1.58. The first-order valence-electron chi connectivity index (χ1n) is 5.00. The second kappa shape index (κ2) is 4.45. The van der Waals surface area contributed by atoms with Gasteiger partial charge in [0.15, 0.2) is 0 Å². The molecule has 1 aromatic heterocycles. The van der Waals surface area contributed by atoms with Crippen LogP contribution >= 0.6 is 0 Å². The highest BCUT2D eigenvalue weighted by molar-refractivity contribution is 5.79. The van der Waals surface area contributed by atoms with Crippen LogP contribution in [0, 0.1) is 6.92 Å². The maximum atomic E-state index is 12.3. The van der Waals surface area contributed by atoms with E-state index >= 15 is 0 Å². The number of halogens is 2. The smallest absolute Gasteiger partial charge is 0.298 e. The summed E-state index contributed by atoms with van der Waals surface area (Å²) in [4.78, 5) is 10.7. The van der Waals surface area contributed by atoms with Gasteiger partial charge >= 0.3 is 6.55 Å². The Bertz CT molecular complexity index is 549. The predicted octanol–water partition coefficient (Wildman–Crippen LogP) is 3.07. The van der Waals surface area contributed by atoms with Crippen LogP contribution in [0.5, 0.6) is 0 Å². The number of aryl methyl sites for hydroxylation is 1.